The van der Waals surface area contributed by atoms with Crippen molar-refractivity contribution in [3.8, 4) is 11.5 Å². The van der Waals surface area contributed by atoms with Crippen LogP contribution < -0.4 is 15.4 Å². The highest BCUT2D eigenvalue weighted by atomic mass is 32.2. The molecule has 2 atom stereocenters. The van der Waals surface area contributed by atoms with Crippen LogP contribution in [-0.4, -0.2) is 35.8 Å². The molecule has 0 saturated heterocycles. The first kappa shape index (κ1) is 24.8. The number of hydrogen-bond donors (Lipinski definition) is 3. The minimum Gasteiger partial charge on any atom is -0.493 e. The maximum Gasteiger partial charge on any atom is 0.307 e. The number of methoxy groups -OCH3 is 2. The van der Waals surface area contributed by atoms with E-state index < -0.39 is 11.9 Å². The highest BCUT2D eigenvalue weighted by molar-refractivity contribution is 8.00. The Kier molecular flexibility index (Phi) is 11.9. The van der Waals surface area contributed by atoms with Gasteiger partial charge in [0.15, 0.2) is 11.5 Å². The van der Waals surface area contributed by atoms with E-state index in [0.717, 1.165) is 30.6 Å². The van der Waals surface area contributed by atoms with Gasteiger partial charge in [-0.1, -0.05) is 43.7 Å². The zero-order valence-electron chi connectivity index (χ0n) is 17.2. The van der Waals surface area contributed by atoms with Crippen LogP contribution in [0.3, 0.4) is 0 Å². The van der Waals surface area contributed by atoms with E-state index in [1.54, 1.807) is 32.9 Å². The van der Waals surface area contributed by atoms with Gasteiger partial charge in [-0.2, -0.15) is 0 Å². The first-order valence-corrected chi connectivity index (χ1v) is 10.3. The summed E-state index contributed by atoms with van der Waals surface area (Å²) in [6.07, 6.45) is 3.94. The maximum atomic E-state index is 11.6. The number of rotatable bonds is 11. The first-order valence-electron chi connectivity index (χ1n) is 9.46. The van der Waals surface area contributed by atoms with Crippen LogP contribution >= 0.6 is 11.8 Å². The zero-order chi connectivity index (χ0) is 21.6. The molecular weight excluding hydrogens is 390 g/mol. The lowest BCUT2D eigenvalue weighted by molar-refractivity contribution is -0.141. The Labute approximate surface area is 177 Å². The van der Waals surface area contributed by atoms with Crippen molar-refractivity contribution in [3.05, 3.63) is 54.1 Å². The third-order valence-corrected chi connectivity index (χ3v) is 6.11. The summed E-state index contributed by atoms with van der Waals surface area (Å²) >= 11 is 1.60. The molecule has 0 unspecified atom stereocenters. The molecular formula is C22H31NO5S. The standard InChI is InChI=1S/C22H28O4S.H3NO/c1-16(22(23)24)21(12-8-7-11-17-9-5-4-6-10-17)27-18-13-14-19(25-2)20(15-18)26-3;1-2/h4-6,9-10,13-16,21H,7-8,11-12H2,1-3H3,(H,23,24);2H,1H2/t16-,21-;/m1./s1. The fourth-order valence-electron chi connectivity index (χ4n) is 2.95. The summed E-state index contributed by atoms with van der Waals surface area (Å²) in [6, 6.07) is 16.1. The molecule has 0 saturated carbocycles. The van der Waals surface area contributed by atoms with Crippen LogP contribution in [0.15, 0.2) is 53.4 Å². The summed E-state index contributed by atoms with van der Waals surface area (Å²) in [5, 5.41) is 16.0. The van der Waals surface area contributed by atoms with Crippen molar-refractivity contribution in [1.29, 1.82) is 0 Å². The maximum absolute atomic E-state index is 11.6. The first-order chi connectivity index (χ1) is 14.0. The number of hydrogen-bond acceptors (Lipinski definition) is 6. The van der Waals surface area contributed by atoms with E-state index in [-0.39, 0.29) is 5.25 Å². The van der Waals surface area contributed by atoms with Crippen LogP contribution in [0.25, 0.3) is 0 Å². The molecule has 0 fully saturated rings. The Morgan fingerprint density at radius 2 is 1.69 bits per heavy atom. The van der Waals surface area contributed by atoms with Gasteiger partial charge in [0.2, 0.25) is 0 Å². The molecule has 2 rings (SSSR count). The number of carbonyl (C=O) groups is 1. The minimum absolute atomic E-state index is 0.0105. The summed E-state index contributed by atoms with van der Waals surface area (Å²) in [5.74, 6) is 3.66. The summed E-state index contributed by atoms with van der Waals surface area (Å²) in [4.78, 5) is 12.5. The lowest BCUT2D eigenvalue weighted by atomic mass is 10.0. The Balaban J connectivity index is 0.00000204. The number of nitrogens with two attached hydrogens (primary N) is 1. The van der Waals surface area contributed by atoms with Crippen LogP contribution in [0, 0.1) is 5.92 Å². The molecule has 0 aliphatic carbocycles. The third kappa shape index (κ3) is 8.35. The quantitative estimate of drug-likeness (QED) is 0.276. The molecule has 4 N–H and O–H groups in total. The lowest BCUT2D eigenvalue weighted by Gasteiger charge is -2.21. The number of ether oxygens (including phenoxy) is 2. The molecule has 2 aromatic rings. The monoisotopic (exact) mass is 421 g/mol. The molecule has 6 nitrogen and oxygen atoms in total. The second-order valence-electron chi connectivity index (χ2n) is 6.53. The van der Waals surface area contributed by atoms with Crippen molar-refractivity contribution >= 4 is 17.7 Å². The van der Waals surface area contributed by atoms with Gasteiger partial charge in [0.05, 0.1) is 20.1 Å². The van der Waals surface area contributed by atoms with Gasteiger partial charge < -0.3 is 19.8 Å². The fourth-order valence-corrected chi connectivity index (χ4v) is 4.23. The van der Waals surface area contributed by atoms with Gasteiger partial charge in [0.1, 0.15) is 0 Å². The average molecular weight is 422 g/mol. The van der Waals surface area contributed by atoms with Gasteiger partial charge in [-0.15, -0.1) is 11.8 Å². The third-order valence-electron chi connectivity index (χ3n) is 4.64. The van der Waals surface area contributed by atoms with E-state index in [4.69, 9.17) is 14.7 Å². The number of unbranched alkanes of at least 4 members (excludes halogenated alkanes) is 1. The number of carboxylic acids is 1. The average Bonchev–Trinajstić information content (AvgIpc) is 2.77. The molecule has 0 spiro atoms. The molecule has 7 heteroatoms. The fraction of sp³-hybridized carbons (Fsp3) is 0.409. The summed E-state index contributed by atoms with van der Waals surface area (Å²) in [5.41, 5.74) is 1.33. The molecule has 0 heterocycles. The highest BCUT2D eigenvalue weighted by Crippen LogP contribution is 2.37. The van der Waals surface area contributed by atoms with Gasteiger partial charge in [-0.25, -0.2) is 5.90 Å². The molecule has 0 aliphatic heterocycles. The van der Waals surface area contributed by atoms with Crippen LogP contribution in [0.1, 0.15) is 31.7 Å². The Hall–Kier alpha value is -2.22. The van der Waals surface area contributed by atoms with Crippen molar-refractivity contribution in [2.45, 2.75) is 42.8 Å². The van der Waals surface area contributed by atoms with Gasteiger partial charge >= 0.3 is 5.97 Å². The molecule has 0 radical (unpaired) electrons. The van der Waals surface area contributed by atoms with Crippen LogP contribution in [0.2, 0.25) is 0 Å². The van der Waals surface area contributed by atoms with Crippen molar-refractivity contribution in [3.63, 3.8) is 0 Å². The molecule has 0 bridgehead atoms. The number of aryl methyl sites for hydroxylation is 1. The summed E-state index contributed by atoms with van der Waals surface area (Å²) < 4.78 is 10.6. The normalized spacial score (nSPS) is 12.3. The van der Waals surface area contributed by atoms with Crippen molar-refractivity contribution in [2.75, 3.05) is 14.2 Å². The molecule has 0 aromatic heterocycles. The predicted molar refractivity (Wildman–Crippen MR) is 116 cm³/mol. The number of carboxylic acid groups (broad SMARTS) is 1. The number of benzene rings is 2. The molecule has 2 aromatic carbocycles. The second-order valence-corrected chi connectivity index (χ2v) is 7.84. The van der Waals surface area contributed by atoms with Gasteiger partial charge in [0, 0.05) is 10.1 Å². The van der Waals surface area contributed by atoms with E-state index >= 15 is 0 Å². The Morgan fingerprint density at radius 1 is 1.03 bits per heavy atom. The van der Waals surface area contributed by atoms with Crippen molar-refractivity contribution < 1.29 is 24.6 Å². The summed E-state index contributed by atoms with van der Waals surface area (Å²) in [6.45, 7) is 1.79. The van der Waals surface area contributed by atoms with Crippen LogP contribution in [0.4, 0.5) is 0 Å². The van der Waals surface area contributed by atoms with Gasteiger partial charge in [-0.3, -0.25) is 4.79 Å². The van der Waals surface area contributed by atoms with Crippen molar-refractivity contribution in [2.24, 2.45) is 11.8 Å². The van der Waals surface area contributed by atoms with Gasteiger partial charge in [0.25, 0.3) is 0 Å². The lowest BCUT2D eigenvalue weighted by Crippen LogP contribution is -2.23. The summed E-state index contributed by atoms with van der Waals surface area (Å²) in [7, 11) is 3.21. The topological polar surface area (TPSA) is 102 Å². The molecule has 0 aliphatic rings. The Bertz CT molecular complexity index is 726. The SMILES string of the molecule is COc1ccc(S[C@H](CCCCc2ccccc2)[C@@H](C)C(=O)O)cc1OC.NO. The van der Waals surface area contributed by atoms with E-state index in [2.05, 4.69) is 30.2 Å². The zero-order valence-corrected chi connectivity index (χ0v) is 18.0. The Morgan fingerprint density at radius 3 is 2.28 bits per heavy atom. The van der Waals surface area contributed by atoms with Crippen molar-refractivity contribution in [1.82, 2.24) is 0 Å². The largest absolute Gasteiger partial charge is 0.493 e. The molecule has 160 valence electrons. The smallest absolute Gasteiger partial charge is 0.307 e. The van der Waals surface area contributed by atoms with E-state index in [1.165, 1.54) is 5.56 Å². The number of aliphatic carboxylic acids is 1. The van der Waals surface area contributed by atoms with Crippen LogP contribution in [0.5, 0.6) is 11.5 Å². The van der Waals surface area contributed by atoms with Gasteiger partial charge in [-0.05, 0) is 43.0 Å². The highest BCUT2D eigenvalue weighted by Gasteiger charge is 2.24. The second kappa shape index (κ2) is 13.9. The molecule has 0 amide bonds. The van der Waals surface area contributed by atoms with E-state index in [9.17, 15) is 9.90 Å². The van der Waals surface area contributed by atoms with E-state index in [1.807, 2.05) is 24.3 Å². The minimum atomic E-state index is -0.754. The molecule has 29 heavy (non-hydrogen) atoms. The predicted octanol–water partition coefficient (Wildman–Crippen LogP) is 4.63. The van der Waals surface area contributed by atoms with E-state index in [0.29, 0.717) is 11.5 Å². The van der Waals surface area contributed by atoms with Crippen LogP contribution in [-0.2, 0) is 11.2 Å². The number of thioether (sulfide) groups is 1.